The van der Waals surface area contributed by atoms with Gasteiger partial charge in [0.25, 0.3) is 5.91 Å². The van der Waals surface area contributed by atoms with Crippen molar-refractivity contribution in [3.8, 4) is 0 Å². The lowest BCUT2D eigenvalue weighted by molar-refractivity contribution is 0.0917. The molecule has 0 aliphatic carbocycles. The maximum absolute atomic E-state index is 12.3. The molecular formula is C13H18ClN5O. The number of carbonyl (C=O) groups excluding carboxylic acids is 1. The van der Waals surface area contributed by atoms with Crippen LogP contribution < -0.4 is 5.32 Å². The molecule has 2 heterocycles. The summed E-state index contributed by atoms with van der Waals surface area (Å²) in [7, 11) is 1.90. The molecule has 0 aliphatic rings. The Morgan fingerprint density at radius 1 is 1.50 bits per heavy atom. The minimum atomic E-state index is -0.305. The summed E-state index contributed by atoms with van der Waals surface area (Å²) in [6, 6.07) is -0.199. The number of nitrogens with zero attached hydrogens (tertiary/aromatic N) is 3. The number of amides is 1. The van der Waals surface area contributed by atoms with Gasteiger partial charge in [-0.25, -0.2) is 4.98 Å². The van der Waals surface area contributed by atoms with Gasteiger partial charge in [0, 0.05) is 19.4 Å². The summed E-state index contributed by atoms with van der Waals surface area (Å²) in [6.45, 7) is 5.82. The molecule has 2 aromatic heterocycles. The fourth-order valence-electron chi connectivity index (χ4n) is 1.98. The number of rotatable bonds is 4. The number of hydrogen-bond donors (Lipinski definition) is 2. The van der Waals surface area contributed by atoms with E-state index >= 15 is 0 Å². The standard InChI is InChI=1S/C13H18ClN5O/c1-7(2)10(12-15-5-6-19(12)4)16-13(20)11-9(14)8(3)17-18-11/h5-7,10H,1-4H3,(H,16,20)(H,17,18)/t10-/m1/s1. The van der Waals surface area contributed by atoms with E-state index in [2.05, 4.69) is 20.5 Å². The number of halogens is 1. The van der Waals surface area contributed by atoms with Crippen molar-refractivity contribution in [2.75, 3.05) is 0 Å². The lowest BCUT2D eigenvalue weighted by atomic mass is 10.0. The topological polar surface area (TPSA) is 75.6 Å². The SMILES string of the molecule is Cc1[nH]nc(C(=O)N[C@@H](c2nccn2C)C(C)C)c1Cl. The summed E-state index contributed by atoms with van der Waals surface area (Å²) in [5, 5.41) is 9.93. The summed E-state index contributed by atoms with van der Waals surface area (Å²) >= 11 is 6.05. The predicted octanol–water partition coefficient (Wildman–Crippen LogP) is 2.23. The van der Waals surface area contributed by atoms with Crippen molar-refractivity contribution in [3.05, 3.63) is 34.6 Å². The fourth-order valence-corrected chi connectivity index (χ4v) is 2.15. The average molecular weight is 296 g/mol. The summed E-state index contributed by atoms with van der Waals surface area (Å²) < 4.78 is 1.89. The van der Waals surface area contributed by atoms with E-state index in [0.717, 1.165) is 5.82 Å². The molecule has 0 aliphatic heterocycles. The third kappa shape index (κ3) is 2.70. The van der Waals surface area contributed by atoms with Gasteiger partial charge in [-0.05, 0) is 12.8 Å². The minimum Gasteiger partial charge on any atom is -0.340 e. The van der Waals surface area contributed by atoms with Crippen LogP contribution in [0.1, 0.15) is 41.9 Å². The van der Waals surface area contributed by atoms with E-state index < -0.39 is 0 Å². The number of aromatic nitrogens is 4. The Balaban J connectivity index is 2.24. The van der Waals surface area contributed by atoms with Crippen molar-refractivity contribution in [1.29, 1.82) is 0 Å². The van der Waals surface area contributed by atoms with Crippen molar-refractivity contribution in [2.45, 2.75) is 26.8 Å². The molecule has 2 rings (SSSR count). The molecule has 0 fully saturated rings. The van der Waals surface area contributed by atoms with Gasteiger partial charge in [0.1, 0.15) is 5.82 Å². The zero-order valence-corrected chi connectivity index (χ0v) is 12.7. The summed E-state index contributed by atoms with van der Waals surface area (Å²) in [5.41, 5.74) is 0.888. The van der Waals surface area contributed by atoms with Gasteiger partial charge in [0.15, 0.2) is 5.69 Å². The average Bonchev–Trinajstić information content (AvgIpc) is 2.94. The molecule has 0 saturated heterocycles. The van der Waals surface area contributed by atoms with E-state index in [4.69, 9.17) is 11.6 Å². The Kier molecular flexibility index (Phi) is 4.13. The first-order valence-electron chi connectivity index (χ1n) is 6.40. The third-order valence-corrected chi connectivity index (χ3v) is 3.64. The second kappa shape index (κ2) is 5.66. The maximum atomic E-state index is 12.3. The van der Waals surface area contributed by atoms with Crippen LogP contribution in [0.3, 0.4) is 0 Å². The van der Waals surface area contributed by atoms with Crippen LogP contribution in [0.25, 0.3) is 0 Å². The van der Waals surface area contributed by atoms with E-state index in [-0.39, 0.29) is 23.6 Å². The van der Waals surface area contributed by atoms with Crippen LogP contribution in [0.5, 0.6) is 0 Å². The molecule has 20 heavy (non-hydrogen) atoms. The summed E-state index contributed by atoms with van der Waals surface area (Å²) in [6.07, 6.45) is 3.56. The van der Waals surface area contributed by atoms with Crippen molar-refractivity contribution in [1.82, 2.24) is 25.1 Å². The van der Waals surface area contributed by atoms with Gasteiger partial charge < -0.3 is 9.88 Å². The monoisotopic (exact) mass is 295 g/mol. The van der Waals surface area contributed by atoms with Crippen LogP contribution in [-0.2, 0) is 7.05 Å². The fraction of sp³-hybridized carbons (Fsp3) is 0.462. The number of aryl methyl sites for hydroxylation is 2. The number of nitrogens with one attached hydrogen (secondary N) is 2. The zero-order chi connectivity index (χ0) is 14.9. The molecule has 7 heteroatoms. The zero-order valence-electron chi connectivity index (χ0n) is 11.9. The highest BCUT2D eigenvalue weighted by Gasteiger charge is 2.25. The van der Waals surface area contributed by atoms with Crippen molar-refractivity contribution < 1.29 is 4.79 Å². The Bertz CT molecular complexity index is 616. The number of carbonyl (C=O) groups is 1. The van der Waals surface area contributed by atoms with Gasteiger partial charge in [-0.1, -0.05) is 25.4 Å². The van der Waals surface area contributed by atoms with E-state index in [0.29, 0.717) is 10.7 Å². The minimum absolute atomic E-state index is 0.193. The van der Waals surface area contributed by atoms with Gasteiger partial charge in [-0.15, -0.1) is 0 Å². The van der Waals surface area contributed by atoms with Gasteiger partial charge in [-0.3, -0.25) is 9.89 Å². The predicted molar refractivity (Wildman–Crippen MR) is 76.6 cm³/mol. The number of H-pyrrole nitrogens is 1. The quantitative estimate of drug-likeness (QED) is 0.908. The first-order chi connectivity index (χ1) is 9.41. The first kappa shape index (κ1) is 14.6. The molecule has 1 atom stereocenters. The van der Waals surface area contributed by atoms with Gasteiger partial charge in [-0.2, -0.15) is 5.10 Å². The molecule has 0 unspecified atom stereocenters. The highest BCUT2D eigenvalue weighted by molar-refractivity contribution is 6.34. The van der Waals surface area contributed by atoms with Gasteiger partial charge >= 0.3 is 0 Å². The highest BCUT2D eigenvalue weighted by atomic mass is 35.5. The molecule has 0 aromatic carbocycles. The van der Waals surface area contributed by atoms with Crippen molar-refractivity contribution >= 4 is 17.5 Å². The van der Waals surface area contributed by atoms with Crippen LogP contribution in [0, 0.1) is 12.8 Å². The molecule has 0 spiro atoms. The largest absolute Gasteiger partial charge is 0.340 e. The molecule has 0 bridgehead atoms. The smallest absolute Gasteiger partial charge is 0.273 e. The second-order valence-electron chi connectivity index (χ2n) is 5.10. The second-order valence-corrected chi connectivity index (χ2v) is 5.48. The van der Waals surface area contributed by atoms with Crippen molar-refractivity contribution in [2.24, 2.45) is 13.0 Å². The normalized spacial score (nSPS) is 12.7. The Morgan fingerprint density at radius 2 is 2.20 bits per heavy atom. The molecule has 6 nitrogen and oxygen atoms in total. The summed E-state index contributed by atoms with van der Waals surface area (Å²) in [4.78, 5) is 16.6. The number of aromatic amines is 1. The van der Waals surface area contributed by atoms with Gasteiger partial charge in [0.2, 0.25) is 0 Å². The van der Waals surface area contributed by atoms with Crippen LogP contribution in [0.15, 0.2) is 12.4 Å². The van der Waals surface area contributed by atoms with Crippen LogP contribution in [0.2, 0.25) is 5.02 Å². The van der Waals surface area contributed by atoms with Crippen LogP contribution in [-0.4, -0.2) is 25.7 Å². The molecule has 0 radical (unpaired) electrons. The molecule has 0 saturated carbocycles. The maximum Gasteiger partial charge on any atom is 0.273 e. The van der Waals surface area contributed by atoms with E-state index in [9.17, 15) is 4.79 Å². The van der Waals surface area contributed by atoms with Crippen LogP contribution in [0.4, 0.5) is 0 Å². The van der Waals surface area contributed by atoms with E-state index in [1.807, 2.05) is 31.7 Å². The highest BCUT2D eigenvalue weighted by Crippen LogP contribution is 2.22. The first-order valence-corrected chi connectivity index (χ1v) is 6.78. The third-order valence-electron chi connectivity index (χ3n) is 3.18. The Labute approximate surface area is 122 Å². The molecule has 1 amide bonds. The Morgan fingerprint density at radius 3 is 2.65 bits per heavy atom. The molecule has 108 valence electrons. The molecule has 2 N–H and O–H groups in total. The van der Waals surface area contributed by atoms with E-state index in [1.54, 1.807) is 13.1 Å². The lowest BCUT2D eigenvalue weighted by Gasteiger charge is -2.21. The van der Waals surface area contributed by atoms with Crippen LogP contribution >= 0.6 is 11.6 Å². The molecule has 2 aromatic rings. The Hall–Kier alpha value is -1.82. The summed E-state index contributed by atoms with van der Waals surface area (Å²) in [5.74, 6) is 0.691. The van der Waals surface area contributed by atoms with E-state index in [1.165, 1.54) is 0 Å². The number of hydrogen-bond acceptors (Lipinski definition) is 3. The number of imidazole rings is 1. The lowest BCUT2D eigenvalue weighted by Crippen LogP contribution is -2.33. The van der Waals surface area contributed by atoms with Crippen molar-refractivity contribution in [3.63, 3.8) is 0 Å². The molecular weight excluding hydrogens is 278 g/mol. The van der Waals surface area contributed by atoms with Gasteiger partial charge in [0.05, 0.1) is 16.8 Å².